The fraction of sp³-hybridized carbons (Fsp3) is 0.442. The molecule has 0 aromatic heterocycles. The second kappa shape index (κ2) is 27.2. The van der Waals surface area contributed by atoms with Crippen molar-refractivity contribution >= 4 is 34.4 Å². The molecule has 0 radical (unpaired) electrons. The zero-order valence-corrected chi connectivity index (χ0v) is 36.9. The zero-order valence-electron chi connectivity index (χ0n) is 33.3. The normalized spacial score (nSPS) is 13.5. The maximum atomic E-state index is 10.1. The minimum atomic E-state index is -3.00. The van der Waals surface area contributed by atoms with Gasteiger partial charge < -0.3 is 57.2 Å². The maximum Gasteiger partial charge on any atom is 0.327 e. The van der Waals surface area contributed by atoms with E-state index in [4.69, 9.17) is 18.1 Å². The average Bonchev–Trinajstić information content (AvgIpc) is 3.24. The summed E-state index contributed by atoms with van der Waals surface area (Å²) in [4.78, 5) is 78.2. The molecule has 4 rings (SSSR count). The lowest BCUT2D eigenvalue weighted by atomic mass is 9.66. The van der Waals surface area contributed by atoms with Crippen molar-refractivity contribution in [3.8, 4) is 0 Å². The molecule has 0 fully saturated rings. The minimum absolute atomic E-state index is 0.223. The molecule has 0 aliphatic carbocycles. The summed E-state index contributed by atoms with van der Waals surface area (Å²) in [6.45, 7) is -1.74. The summed E-state index contributed by atoms with van der Waals surface area (Å²) in [6, 6.07) is 41.7. The number of benzene rings is 4. The van der Waals surface area contributed by atoms with Crippen molar-refractivity contribution in [1.29, 1.82) is 0 Å². The SMILES string of the molecule is OP(O)OCC(COP(O)O)(COP(O)O)C(OP(O)O)C(CCCCCCCCCCCCC(c1ccccc1)(c1ccccc1)c1ccccc1)c1ccccc1. The molecule has 0 aliphatic heterocycles. The van der Waals surface area contributed by atoms with Crippen molar-refractivity contribution in [2.75, 3.05) is 19.8 Å². The lowest BCUT2D eigenvalue weighted by Gasteiger charge is -2.43. The highest BCUT2D eigenvalue weighted by atomic mass is 31.2. The Morgan fingerprint density at radius 1 is 0.407 bits per heavy atom. The van der Waals surface area contributed by atoms with Crippen LogP contribution >= 0.6 is 34.4 Å². The predicted octanol–water partition coefficient (Wildman–Crippen LogP) is 9.75. The van der Waals surface area contributed by atoms with Crippen LogP contribution in [0.1, 0.15) is 105 Å². The maximum absolute atomic E-state index is 10.1. The van der Waals surface area contributed by atoms with Crippen LogP contribution in [-0.4, -0.2) is 65.1 Å². The van der Waals surface area contributed by atoms with Gasteiger partial charge in [-0.25, -0.2) is 0 Å². The Labute approximate surface area is 353 Å². The molecule has 0 amide bonds. The van der Waals surface area contributed by atoms with Crippen LogP contribution in [0, 0.1) is 5.41 Å². The van der Waals surface area contributed by atoms with E-state index >= 15 is 0 Å². The van der Waals surface area contributed by atoms with E-state index < -0.39 is 71.7 Å². The van der Waals surface area contributed by atoms with Crippen LogP contribution in [0.4, 0.5) is 0 Å². The Morgan fingerprint density at radius 2 is 0.746 bits per heavy atom. The molecule has 324 valence electrons. The Hall–Kier alpha value is -1.88. The van der Waals surface area contributed by atoms with Crippen LogP contribution in [0.2, 0.25) is 0 Å². The van der Waals surface area contributed by atoms with Crippen LogP contribution in [0.5, 0.6) is 0 Å². The molecular formula is C43H60O12P4. The molecule has 0 bridgehead atoms. The first-order valence-corrected chi connectivity index (χ1v) is 24.7. The molecule has 4 aromatic rings. The lowest BCUT2D eigenvalue weighted by molar-refractivity contribution is -0.0736. The molecule has 59 heavy (non-hydrogen) atoms. The highest BCUT2D eigenvalue weighted by Crippen LogP contribution is 2.49. The highest BCUT2D eigenvalue weighted by molar-refractivity contribution is 7.40. The first kappa shape index (κ1) is 49.8. The first-order chi connectivity index (χ1) is 28.6. The standard InChI is InChI=1S/C43H60O12P4/c44-56(45)52-33-42(34-53-57(46)47,35-54-58(48)49)41(55-59(50)51)40(36-23-13-9-14-24-36)31-21-7-5-3-1-2-4-6-8-22-32-43(37-25-15-10-16-26-37,38-27-17-11-18-28-38)39-29-19-12-20-30-39/h9-20,23-30,40-41,44-51H,1-8,21-22,31-35H2. The monoisotopic (exact) mass is 892 g/mol. The minimum Gasteiger partial charge on any atom is -0.328 e. The Morgan fingerprint density at radius 3 is 1.10 bits per heavy atom. The van der Waals surface area contributed by atoms with Crippen molar-refractivity contribution in [2.45, 2.75) is 94.5 Å². The summed E-state index contributed by atoms with van der Waals surface area (Å²) in [6.07, 6.45) is 10.8. The number of hydrogen-bond donors (Lipinski definition) is 8. The fourth-order valence-electron chi connectivity index (χ4n) is 8.11. The second-order valence-electron chi connectivity index (χ2n) is 14.8. The van der Waals surface area contributed by atoms with Gasteiger partial charge in [0.25, 0.3) is 0 Å². The van der Waals surface area contributed by atoms with Gasteiger partial charge in [0.1, 0.15) is 0 Å². The van der Waals surface area contributed by atoms with E-state index in [2.05, 4.69) is 91.0 Å². The Bertz CT molecular complexity index is 1530. The highest BCUT2D eigenvalue weighted by Gasteiger charge is 2.48. The third kappa shape index (κ3) is 16.4. The molecule has 0 aliphatic rings. The van der Waals surface area contributed by atoms with Crippen molar-refractivity contribution in [1.82, 2.24) is 0 Å². The van der Waals surface area contributed by atoms with E-state index in [0.29, 0.717) is 6.42 Å². The zero-order chi connectivity index (χ0) is 42.4. The largest absolute Gasteiger partial charge is 0.328 e. The molecule has 12 nitrogen and oxygen atoms in total. The van der Waals surface area contributed by atoms with Crippen LogP contribution < -0.4 is 0 Å². The molecule has 0 spiro atoms. The Kier molecular flexibility index (Phi) is 23.0. The van der Waals surface area contributed by atoms with Crippen molar-refractivity contribution in [3.63, 3.8) is 0 Å². The molecule has 16 heteroatoms. The quantitative estimate of drug-likeness (QED) is 0.0140. The summed E-state index contributed by atoms with van der Waals surface area (Å²) in [5.74, 6) is -0.573. The van der Waals surface area contributed by atoms with E-state index in [1.165, 1.54) is 29.5 Å². The third-order valence-electron chi connectivity index (χ3n) is 10.9. The van der Waals surface area contributed by atoms with Gasteiger partial charge in [0, 0.05) is 11.3 Å². The van der Waals surface area contributed by atoms with Gasteiger partial charge in [-0.3, -0.25) is 0 Å². The molecule has 0 heterocycles. The Balaban J connectivity index is 1.32. The number of rotatable bonds is 30. The van der Waals surface area contributed by atoms with Gasteiger partial charge >= 0.3 is 34.4 Å². The first-order valence-electron chi connectivity index (χ1n) is 20.1. The van der Waals surface area contributed by atoms with Crippen molar-refractivity contribution < 1.29 is 57.2 Å². The summed E-state index contributed by atoms with van der Waals surface area (Å²) < 4.78 is 21.2. The summed E-state index contributed by atoms with van der Waals surface area (Å²) in [7, 11) is -11.8. The van der Waals surface area contributed by atoms with E-state index in [1.807, 2.05) is 30.3 Å². The molecular weight excluding hydrogens is 832 g/mol. The van der Waals surface area contributed by atoms with Crippen LogP contribution in [0.3, 0.4) is 0 Å². The molecule has 2 unspecified atom stereocenters. The van der Waals surface area contributed by atoms with Crippen LogP contribution in [0.25, 0.3) is 0 Å². The van der Waals surface area contributed by atoms with E-state index in [0.717, 1.165) is 63.4 Å². The summed E-state index contributed by atoms with van der Waals surface area (Å²) in [5, 5.41) is 0. The van der Waals surface area contributed by atoms with Crippen LogP contribution in [-0.2, 0) is 23.5 Å². The predicted molar refractivity (Wildman–Crippen MR) is 234 cm³/mol. The number of hydrogen-bond acceptors (Lipinski definition) is 12. The smallest absolute Gasteiger partial charge is 0.327 e. The fourth-order valence-corrected chi connectivity index (χ4v) is 9.80. The van der Waals surface area contributed by atoms with Crippen LogP contribution in [0.15, 0.2) is 121 Å². The van der Waals surface area contributed by atoms with Crippen molar-refractivity contribution in [3.05, 3.63) is 144 Å². The molecule has 0 saturated carbocycles. The third-order valence-corrected chi connectivity index (χ3v) is 12.4. The van der Waals surface area contributed by atoms with Gasteiger partial charge in [0.15, 0.2) is 0 Å². The van der Waals surface area contributed by atoms with Gasteiger partial charge in [-0.05, 0) is 35.1 Å². The average molecular weight is 893 g/mol. The van der Waals surface area contributed by atoms with Gasteiger partial charge in [-0.2, -0.15) is 0 Å². The van der Waals surface area contributed by atoms with Gasteiger partial charge in [0.2, 0.25) is 0 Å². The number of unbranched alkanes of at least 4 members (excludes halogenated alkanes) is 9. The lowest BCUT2D eigenvalue weighted by Crippen LogP contribution is -2.50. The van der Waals surface area contributed by atoms with Gasteiger partial charge in [-0.1, -0.05) is 186 Å². The summed E-state index contributed by atoms with van der Waals surface area (Å²) >= 11 is 0. The topological polar surface area (TPSA) is 199 Å². The van der Waals surface area contributed by atoms with Gasteiger partial charge in [0.05, 0.1) is 31.3 Å². The van der Waals surface area contributed by atoms with E-state index in [1.54, 1.807) is 0 Å². The molecule has 0 saturated heterocycles. The second-order valence-corrected chi connectivity index (χ2v) is 17.8. The molecule has 4 aromatic carbocycles. The van der Waals surface area contributed by atoms with E-state index in [9.17, 15) is 39.1 Å². The van der Waals surface area contributed by atoms with Crippen molar-refractivity contribution in [2.24, 2.45) is 5.41 Å². The molecule has 2 atom stereocenters. The van der Waals surface area contributed by atoms with Gasteiger partial charge in [-0.15, -0.1) is 0 Å². The summed E-state index contributed by atoms with van der Waals surface area (Å²) in [5.41, 5.74) is 2.79. The molecule has 8 N–H and O–H groups in total. The van der Waals surface area contributed by atoms with E-state index in [-0.39, 0.29) is 5.41 Å².